The fourth-order valence-corrected chi connectivity index (χ4v) is 4.06. The summed E-state index contributed by atoms with van der Waals surface area (Å²) in [5.74, 6) is -0.815. The van der Waals surface area contributed by atoms with Gasteiger partial charge >= 0.3 is 0 Å². The maximum absolute atomic E-state index is 12.8. The second kappa shape index (κ2) is 10.7. The average molecular weight is 452 g/mol. The minimum Gasteiger partial charge on any atom is -0.353 e. The van der Waals surface area contributed by atoms with Crippen LogP contribution in [0.5, 0.6) is 0 Å². The second-order valence-corrected chi connectivity index (χ2v) is 8.95. The first-order valence-electron chi connectivity index (χ1n) is 10.1. The monoisotopic (exact) mass is 451 g/mol. The van der Waals surface area contributed by atoms with Crippen molar-refractivity contribution >= 4 is 21.8 Å². The molecule has 0 fully saturated rings. The van der Waals surface area contributed by atoms with E-state index >= 15 is 0 Å². The summed E-state index contributed by atoms with van der Waals surface area (Å²) in [6, 6.07) is 23.0. The molecule has 0 bridgehead atoms. The number of carbonyl (C=O) groups excluding carboxylic acids is 2. The topological polar surface area (TPSA) is 104 Å². The van der Waals surface area contributed by atoms with E-state index in [2.05, 4.69) is 15.4 Å². The number of hydrogen-bond acceptors (Lipinski definition) is 4. The maximum Gasteiger partial charge on any atom is 0.252 e. The van der Waals surface area contributed by atoms with Gasteiger partial charge in [0.15, 0.2) is 0 Å². The first-order valence-corrected chi connectivity index (χ1v) is 11.6. The highest BCUT2D eigenvalue weighted by atomic mass is 32.2. The van der Waals surface area contributed by atoms with Gasteiger partial charge in [-0.05, 0) is 36.8 Å². The molecule has 3 aromatic carbocycles. The first-order chi connectivity index (χ1) is 15.4. The van der Waals surface area contributed by atoms with Crippen molar-refractivity contribution in [2.45, 2.75) is 17.9 Å². The van der Waals surface area contributed by atoms with Crippen LogP contribution in [0.2, 0.25) is 0 Å². The van der Waals surface area contributed by atoms with Gasteiger partial charge in [0, 0.05) is 18.7 Å². The van der Waals surface area contributed by atoms with Crippen LogP contribution < -0.4 is 15.4 Å². The van der Waals surface area contributed by atoms with Gasteiger partial charge in [0.1, 0.15) is 6.04 Å². The highest BCUT2D eigenvalue weighted by Crippen LogP contribution is 2.14. The van der Waals surface area contributed by atoms with E-state index in [9.17, 15) is 18.0 Å². The van der Waals surface area contributed by atoms with Crippen molar-refractivity contribution in [2.75, 3.05) is 13.1 Å². The molecule has 3 N–H and O–H groups in total. The fraction of sp³-hybridized carbons (Fsp3) is 0.167. The minimum absolute atomic E-state index is 0.0100. The molecule has 0 aromatic heterocycles. The molecule has 3 rings (SSSR count). The molecule has 0 aliphatic rings. The van der Waals surface area contributed by atoms with Crippen LogP contribution in [-0.2, 0) is 14.8 Å². The lowest BCUT2D eigenvalue weighted by Crippen LogP contribution is -2.43. The number of benzene rings is 3. The molecule has 0 unspecified atom stereocenters. The van der Waals surface area contributed by atoms with Crippen molar-refractivity contribution in [1.82, 2.24) is 15.4 Å². The Morgan fingerprint density at radius 2 is 1.41 bits per heavy atom. The molecule has 32 heavy (non-hydrogen) atoms. The first kappa shape index (κ1) is 23.2. The third-order valence-electron chi connectivity index (χ3n) is 4.75. The molecular formula is C24H25N3O4S. The number of hydrogen-bond donors (Lipinski definition) is 3. The highest BCUT2D eigenvalue weighted by Gasteiger charge is 2.23. The van der Waals surface area contributed by atoms with Gasteiger partial charge in [-0.2, -0.15) is 0 Å². The molecule has 0 saturated carbocycles. The summed E-state index contributed by atoms with van der Waals surface area (Å²) in [6.07, 6.45) is 0. The maximum atomic E-state index is 12.8. The van der Waals surface area contributed by atoms with Crippen molar-refractivity contribution in [3.63, 3.8) is 0 Å². The van der Waals surface area contributed by atoms with Crippen molar-refractivity contribution in [3.8, 4) is 0 Å². The van der Waals surface area contributed by atoms with Gasteiger partial charge in [0.2, 0.25) is 15.9 Å². The number of nitrogens with one attached hydrogen (secondary N) is 3. The van der Waals surface area contributed by atoms with Crippen LogP contribution >= 0.6 is 0 Å². The van der Waals surface area contributed by atoms with E-state index in [1.807, 2.05) is 13.0 Å². The lowest BCUT2D eigenvalue weighted by Gasteiger charge is -2.19. The summed E-state index contributed by atoms with van der Waals surface area (Å²) >= 11 is 0. The summed E-state index contributed by atoms with van der Waals surface area (Å²) in [5, 5.41) is 5.44. The van der Waals surface area contributed by atoms with Crippen LogP contribution in [0.15, 0.2) is 89.8 Å². The van der Waals surface area contributed by atoms with E-state index in [-0.39, 0.29) is 23.9 Å². The number of sulfonamides is 1. The standard InChI is InChI=1S/C24H25N3O4S/c1-18-12-14-21(15-13-18)32(30,31)26-17-16-25-24(29)22(19-8-4-2-5-9-19)27-23(28)20-10-6-3-7-11-20/h2-15,22,26H,16-17H2,1H3,(H,25,29)(H,27,28)/t22-/m1/s1. The molecule has 166 valence electrons. The van der Waals surface area contributed by atoms with Crippen LogP contribution in [0.1, 0.15) is 27.5 Å². The van der Waals surface area contributed by atoms with Gasteiger partial charge < -0.3 is 10.6 Å². The molecular weight excluding hydrogens is 426 g/mol. The van der Waals surface area contributed by atoms with Crippen LogP contribution in [0.4, 0.5) is 0 Å². The quantitative estimate of drug-likeness (QED) is 0.435. The largest absolute Gasteiger partial charge is 0.353 e. The summed E-state index contributed by atoms with van der Waals surface area (Å²) in [7, 11) is -3.67. The SMILES string of the molecule is Cc1ccc(S(=O)(=O)NCCNC(=O)[C@H](NC(=O)c2ccccc2)c2ccccc2)cc1. The highest BCUT2D eigenvalue weighted by molar-refractivity contribution is 7.89. The molecule has 0 saturated heterocycles. The predicted octanol–water partition coefficient (Wildman–Crippen LogP) is 2.56. The zero-order valence-corrected chi connectivity index (χ0v) is 18.4. The Bertz CT molecular complexity index is 1150. The van der Waals surface area contributed by atoms with Gasteiger partial charge in [-0.1, -0.05) is 66.2 Å². The molecule has 2 amide bonds. The lowest BCUT2D eigenvalue weighted by molar-refractivity contribution is -0.123. The van der Waals surface area contributed by atoms with Crippen molar-refractivity contribution < 1.29 is 18.0 Å². The summed E-state index contributed by atoms with van der Waals surface area (Å²) in [4.78, 5) is 25.6. The van der Waals surface area contributed by atoms with E-state index in [4.69, 9.17) is 0 Å². The Kier molecular flexibility index (Phi) is 7.75. The minimum atomic E-state index is -3.67. The van der Waals surface area contributed by atoms with Crippen LogP contribution in [0.25, 0.3) is 0 Å². The van der Waals surface area contributed by atoms with E-state index in [0.29, 0.717) is 11.1 Å². The van der Waals surface area contributed by atoms with Crippen molar-refractivity contribution in [1.29, 1.82) is 0 Å². The molecule has 0 radical (unpaired) electrons. The van der Waals surface area contributed by atoms with Crippen LogP contribution in [0.3, 0.4) is 0 Å². The fourth-order valence-electron chi connectivity index (χ4n) is 3.02. The third kappa shape index (κ3) is 6.26. The zero-order valence-electron chi connectivity index (χ0n) is 17.6. The number of carbonyl (C=O) groups is 2. The van der Waals surface area contributed by atoms with E-state index in [1.165, 1.54) is 12.1 Å². The Labute approximate surface area is 187 Å². The Morgan fingerprint density at radius 3 is 2.03 bits per heavy atom. The predicted molar refractivity (Wildman–Crippen MR) is 122 cm³/mol. The zero-order chi connectivity index (χ0) is 23.0. The summed E-state index contributed by atoms with van der Waals surface area (Å²) in [6.45, 7) is 1.95. The van der Waals surface area contributed by atoms with Crippen molar-refractivity contribution in [2.24, 2.45) is 0 Å². The summed E-state index contributed by atoms with van der Waals surface area (Å²) in [5.41, 5.74) is 2.02. The van der Waals surface area contributed by atoms with Gasteiger partial charge in [-0.25, -0.2) is 13.1 Å². The van der Waals surface area contributed by atoms with E-state index < -0.39 is 22.0 Å². The normalized spacial score (nSPS) is 12.0. The van der Waals surface area contributed by atoms with Crippen LogP contribution in [0, 0.1) is 6.92 Å². The molecule has 8 heteroatoms. The number of aryl methyl sites for hydroxylation is 1. The smallest absolute Gasteiger partial charge is 0.252 e. The average Bonchev–Trinajstić information content (AvgIpc) is 2.81. The molecule has 3 aromatic rings. The van der Waals surface area contributed by atoms with E-state index in [1.54, 1.807) is 66.7 Å². The second-order valence-electron chi connectivity index (χ2n) is 7.19. The molecule has 0 heterocycles. The number of rotatable bonds is 9. The lowest BCUT2D eigenvalue weighted by atomic mass is 10.1. The van der Waals surface area contributed by atoms with E-state index in [0.717, 1.165) is 5.56 Å². The van der Waals surface area contributed by atoms with Crippen molar-refractivity contribution in [3.05, 3.63) is 102 Å². The Morgan fingerprint density at radius 1 is 0.812 bits per heavy atom. The molecule has 0 spiro atoms. The molecule has 1 atom stereocenters. The van der Waals surface area contributed by atoms with Crippen LogP contribution in [-0.4, -0.2) is 33.3 Å². The van der Waals surface area contributed by atoms with Gasteiger partial charge in [0.25, 0.3) is 5.91 Å². The Hall–Kier alpha value is -3.49. The molecule has 0 aliphatic heterocycles. The third-order valence-corrected chi connectivity index (χ3v) is 6.23. The van der Waals surface area contributed by atoms with Gasteiger partial charge in [0.05, 0.1) is 4.90 Å². The van der Waals surface area contributed by atoms with Gasteiger partial charge in [-0.3, -0.25) is 9.59 Å². The summed E-state index contributed by atoms with van der Waals surface area (Å²) < 4.78 is 27.2. The molecule has 7 nitrogen and oxygen atoms in total. The van der Waals surface area contributed by atoms with Gasteiger partial charge in [-0.15, -0.1) is 0 Å². The number of amides is 2. The Balaban J connectivity index is 1.61. The molecule has 0 aliphatic carbocycles.